The van der Waals surface area contributed by atoms with Gasteiger partial charge in [-0.3, -0.25) is 19.5 Å². The molecule has 1 fully saturated rings. The molecule has 1 aliphatic rings. The van der Waals surface area contributed by atoms with Crippen LogP contribution in [0.15, 0.2) is 43.0 Å². The lowest BCUT2D eigenvalue weighted by atomic mass is 10.1. The molecule has 172 valence electrons. The smallest absolute Gasteiger partial charge is 0.270 e. The molecule has 3 aromatic heterocycles. The minimum atomic E-state index is -1.19. The number of rotatable bonds is 10. The third kappa shape index (κ3) is 5.86. The first kappa shape index (κ1) is 22.7. The highest BCUT2D eigenvalue weighted by molar-refractivity contribution is 7.87. The third-order valence-electron chi connectivity index (χ3n) is 4.96. The molecule has 0 radical (unpaired) electrons. The van der Waals surface area contributed by atoms with Gasteiger partial charge in [-0.1, -0.05) is 6.92 Å². The van der Waals surface area contributed by atoms with Crippen molar-refractivity contribution < 1.29 is 13.7 Å². The zero-order valence-corrected chi connectivity index (χ0v) is 19.2. The summed E-state index contributed by atoms with van der Waals surface area (Å²) in [5.74, 6) is 0.405. The van der Waals surface area contributed by atoms with Crippen molar-refractivity contribution in [3.05, 3.63) is 54.4 Å². The van der Waals surface area contributed by atoms with Gasteiger partial charge in [-0.25, -0.2) is 19.2 Å². The molecule has 11 heteroatoms. The number of anilines is 1. The maximum atomic E-state index is 12.8. The molecule has 2 unspecified atom stereocenters. The Balaban J connectivity index is 1.43. The van der Waals surface area contributed by atoms with E-state index in [1.165, 1.54) is 0 Å². The van der Waals surface area contributed by atoms with Crippen molar-refractivity contribution in [1.29, 1.82) is 0 Å². The van der Waals surface area contributed by atoms with E-state index in [-0.39, 0.29) is 22.9 Å². The van der Waals surface area contributed by atoms with E-state index >= 15 is 0 Å². The Morgan fingerprint density at radius 3 is 2.70 bits per heavy atom. The standard InChI is InChI=1S/C22H25N7O3S/c1-3-16(17-9-10-24-22(28-17)29-33(31)15-6-7-15)27-21(30)18-8-5-14(11-25-18)19-12-23-13-20(26-19)32-4-2/h5,8-13,15-16H,3-4,6-7H2,1-2H3,(H,27,30)(H,24,28,29). The number of hydrogen-bond donors (Lipinski definition) is 2. The summed E-state index contributed by atoms with van der Waals surface area (Å²) in [6, 6.07) is 4.80. The molecule has 1 saturated carbocycles. The lowest BCUT2D eigenvalue weighted by molar-refractivity contribution is 0.0929. The fourth-order valence-electron chi connectivity index (χ4n) is 3.07. The zero-order valence-electron chi connectivity index (χ0n) is 18.4. The van der Waals surface area contributed by atoms with E-state index in [0.29, 0.717) is 36.2 Å². The Hall–Kier alpha value is -3.47. The first-order valence-electron chi connectivity index (χ1n) is 10.8. The molecule has 3 heterocycles. The van der Waals surface area contributed by atoms with Crippen molar-refractivity contribution in [3.63, 3.8) is 0 Å². The number of pyridine rings is 1. The second kappa shape index (κ2) is 10.4. The Kier molecular flexibility index (Phi) is 7.18. The van der Waals surface area contributed by atoms with Gasteiger partial charge in [0.05, 0.1) is 41.7 Å². The van der Waals surface area contributed by atoms with Crippen molar-refractivity contribution in [2.75, 3.05) is 11.3 Å². The summed E-state index contributed by atoms with van der Waals surface area (Å²) < 4.78 is 20.3. The normalized spacial score (nSPS) is 14.8. The average molecular weight is 468 g/mol. The largest absolute Gasteiger partial charge is 0.477 e. The predicted octanol–water partition coefficient (Wildman–Crippen LogP) is 2.85. The van der Waals surface area contributed by atoms with Crippen LogP contribution in [0.2, 0.25) is 0 Å². The Bertz CT molecular complexity index is 1140. The van der Waals surface area contributed by atoms with Crippen LogP contribution in [0.5, 0.6) is 5.88 Å². The quantitative estimate of drug-likeness (QED) is 0.465. The molecule has 1 amide bonds. The van der Waals surface area contributed by atoms with Crippen LogP contribution >= 0.6 is 0 Å². The van der Waals surface area contributed by atoms with Gasteiger partial charge < -0.3 is 10.1 Å². The number of carbonyl (C=O) groups is 1. The Morgan fingerprint density at radius 1 is 1.15 bits per heavy atom. The SMILES string of the molecule is CCOc1cncc(-c2ccc(C(=O)NC(CC)c3ccnc(NS(=O)C4CC4)n3)nc2)n1. The average Bonchev–Trinajstić information content (AvgIpc) is 3.69. The molecular weight excluding hydrogens is 442 g/mol. The van der Waals surface area contributed by atoms with Crippen LogP contribution in [0.4, 0.5) is 5.95 Å². The van der Waals surface area contributed by atoms with Gasteiger partial charge in [0.25, 0.3) is 5.91 Å². The number of carbonyl (C=O) groups excluding carboxylic acids is 1. The van der Waals surface area contributed by atoms with Crippen LogP contribution in [0.3, 0.4) is 0 Å². The molecule has 0 bridgehead atoms. The molecule has 4 rings (SSSR count). The van der Waals surface area contributed by atoms with Gasteiger partial charge >= 0.3 is 0 Å². The first-order chi connectivity index (χ1) is 16.1. The van der Waals surface area contributed by atoms with Gasteiger partial charge in [-0.2, -0.15) is 0 Å². The van der Waals surface area contributed by atoms with Crippen LogP contribution in [0.25, 0.3) is 11.3 Å². The Morgan fingerprint density at radius 2 is 2.00 bits per heavy atom. The lowest BCUT2D eigenvalue weighted by Crippen LogP contribution is -2.29. The van der Waals surface area contributed by atoms with Gasteiger partial charge in [0.15, 0.2) is 0 Å². The van der Waals surface area contributed by atoms with Crippen LogP contribution in [0.1, 0.15) is 55.3 Å². The molecule has 10 nitrogen and oxygen atoms in total. The summed E-state index contributed by atoms with van der Waals surface area (Å²) in [5.41, 5.74) is 2.24. The second-order valence-corrected chi connectivity index (χ2v) is 8.91. The van der Waals surface area contributed by atoms with E-state index < -0.39 is 11.0 Å². The van der Waals surface area contributed by atoms with Crippen molar-refractivity contribution in [2.45, 2.75) is 44.4 Å². The number of aromatic nitrogens is 5. The highest BCUT2D eigenvalue weighted by atomic mass is 32.2. The summed E-state index contributed by atoms with van der Waals surface area (Å²) in [6.45, 7) is 4.32. The van der Waals surface area contributed by atoms with Gasteiger partial charge in [0, 0.05) is 18.0 Å². The van der Waals surface area contributed by atoms with E-state index in [1.807, 2.05) is 13.8 Å². The fraction of sp³-hybridized carbons (Fsp3) is 0.364. The van der Waals surface area contributed by atoms with E-state index in [9.17, 15) is 9.00 Å². The highest BCUT2D eigenvalue weighted by Crippen LogP contribution is 2.26. The van der Waals surface area contributed by atoms with Crippen molar-refractivity contribution in [2.24, 2.45) is 0 Å². The monoisotopic (exact) mass is 467 g/mol. The summed E-state index contributed by atoms with van der Waals surface area (Å²) in [6.07, 6.45) is 8.84. The number of hydrogen-bond acceptors (Lipinski definition) is 8. The van der Waals surface area contributed by atoms with E-state index in [1.54, 1.807) is 43.0 Å². The highest BCUT2D eigenvalue weighted by Gasteiger charge is 2.29. The molecule has 1 aliphatic carbocycles. The minimum Gasteiger partial charge on any atom is -0.477 e. The van der Waals surface area contributed by atoms with Crippen LogP contribution in [-0.2, 0) is 11.0 Å². The van der Waals surface area contributed by atoms with Gasteiger partial charge in [0.1, 0.15) is 16.7 Å². The van der Waals surface area contributed by atoms with Gasteiger partial charge in [0.2, 0.25) is 11.8 Å². The van der Waals surface area contributed by atoms with E-state index in [2.05, 4.69) is 35.0 Å². The molecule has 3 aromatic rings. The minimum absolute atomic E-state index is 0.167. The predicted molar refractivity (Wildman–Crippen MR) is 124 cm³/mol. The maximum absolute atomic E-state index is 12.8. The number of ether oxygens (including phenoxy) is 1. The van der Waals surface area contributed by atoms with Gasteiger partial charge in [-0.05, 0) is 44.4 Å². The molecule has 0 aliphatic heterocycles. The van der Waals surface area contributed by atoms with Crippen molar-refractivity contribution in [1.82, 2.24) is 30.2 Å². The molecular formula is C22H25N7O3S. The van der Waals surface area contributed by atoms with Gasteiger partial charge in [-0.15, -0.1) is 0 Å². The van der Waals surface area contributed by atoms with Crippen LogP contribution in [-0.4, -0.2) is 46.9 Å². The molecule has 2 N–H and O–H groups in total. The third-order valence-corrected chi connectivity index (χ3v) is 6.42. The molecule has 2 atom stereocenters. The summed E-state index contributed by atoms with van der Waals surface area (Å²) in [5, 5.41) is 3.12. The summed E-state index contributed by atoms with van der Waals surface area (Å²) in [7, 11) is -1.19. The fourth-order valence-corrected chi connectivity index (χ4v) is 4.08. The lowest BCUT2D eigenvalue weighted by Gasteiger charge is -2.17. The zero-order chi connectivity index (χ0) is 23.2. The van der Waals surface area contributed by atoms with Crippen molar-refractivity contribution >= 4 is 22.8 Å². The van der Waals surface area contributed by atoms with E-state index in [0.717, 1.165) is 18.4 Å². The number of nitrogens with one attached hydrogen (secondary N) is 2. The van der Waals surface area contributed by atoms with E-state index in [4.69, 9.17) is 4.74 Å². The topological polar surface area (TPSA) is 132 Å². The Labute approximate surface area is 194 Å². The number of nitrogens with zero attached hydrogens (tertiary/aromatic N) is 5. The molecule has 33 heavy (non-hydrogen) atoms. The summed E-state index contributed by atoms with van der Waals surface area (Å²) >= 11 is 0. The molecule has 0 spiro atoms. The number of amides is 1. The molecule has 0 saturated heterocycles. The van der Waals surface area contributed by atoms with Crippen molar-refractivity contribution in [3.8, 4) is 17.1 Å². The van der Waals surface area contributed by atoms with Crippen LogP contribution in [0, 0.1) is 0 Å². The molecule has 0 aromatic carbocycles. The maximum Gasteiger partial charge on any atom is 0.270 e. The van der Waals surface area contributed by atoms with Crippen LogP contribution < -0.4 is 14.8 Å². The summed E-state index contributed by atoms with van der Waals surface area (Å²) in [4.78, 5) is 34.2. The second-order valence-electron chi connectivity index (χ2n) is 7.45. The first-order valence-corrected chi connectivity index (χ1v) is 12.0.